The number of carbonyl (C=O) groups is 1. The molecule has 7 nitrogen and oxygen atoms in total. The Kier molecular flexibility index (Phi) is 8.36. The van der Waals surface area contributed by atoms with E-state index in [-0.39, 0.29) is 24.1 Å². The highest BCUT2D eigenvalue weighted by Crippen LogP contribution is 2.33. The van der Waals surface area contributed by atoms with Gasteiger partial charge < -0.3 is 10.2 Å². The molecule has 2 N–H and O–H groups in total. The van der Waals surface area contributed by atoms with Crippen LogP contribution in [0.15, 0.2) is 36.4 Å². The Labute approximate surface area is 201 Å². The van der Waals surface area contributed by atoms with Crippen molar-refractivity contribution < 1.29 is 9.18 Å². The van der Waals surface area contributed by atoms with Crippen molar-refractivity contribution >= 4 is 17.3 Å². The summed E-state index contributed by atoms with van der Waals surface area (Å²) in [4.78, 5) is 15.3. The first kappa shape index (κ1) is 25.3. The van der Waals surface area contributed by atoms with Gasteiger partial charge in [0.15, 0.2) is 5.82 Å². The molecule has 2 aromatic carbocycles. The number of aromatic nitrogens is 4. The molecule has 0 aliphatic rings. The highest BCUT2D eigenvalue weighted by Gasteiger charge is 2.20. The van der Waals surface area contributed by atoms with Crippen molar-refractivity contribution in [3.8, 4) is 0 Å². The summed E-state index contributed by atoms with van der Waals surface area (Å²) in [6, 6.07) is 11.0. The van der Waals surface area contributed by atoms with E-state index in [0.29, 0.717) is 28.9 Å². The van der Waals surface area contributed by atoms with Gasteiger partial charge in [-0.15, -0.1) is 10.2 Å². The summed E-state index contributed by atoms with van der Waals surface area (Å²) in [6.45, 7) is 14.2. The standard InChI is InChI=1S/C26H35FN6O/c1-16(2)14-33(15-17(3)4)24-10-9-20(19(6)26-29-31-32-30-26)12-23(24)28-25(34)13-21-8-7-18(5)11-22(21)27/h7-12,16-17,19H,13-15H2,1-6H3,(H,28,34)(H,29,30,31,32). The molecule has 1 heterocycles. The van der Waals surface area contributed by atoms with Crippen LogP contribution in [0.25, 0.3) is 0 Å². The van der Waals surface area contributed by atoms with Crippen LogP contribution in [-0.4, -0.2) is 39.6 Å². The number of hydrogen-bond donors (Lipinski definition) is 2. The van der Waals surface area contributed by atoms with E-state index in [1.807, 2.05) is 38.1 Å². The molecule has 0 saturated carbocycles. The van der Waals surface area contributed by atoms with Gasteiger partial charge in [-0.1, -0.05) is 58.0 Å². The van der Waals surface area contributed by atoms with E-state index in [1.54, 1.807) is 6.07 Å². The Morgan fingerprint density at radius 2 is 1.76 bits per heavy atom. The van der Waals surface area contributed by atoms with E-state index in [0.717, 1.165) is 29.9 Å². The van der Waals surface area contributed by atoms with Crippen molar-refractivity contribution in [3.05, 3.63) is 64.7 Å². The van der Waals surface area contributed by atoms with E-state index in [9.17, 15) is 9.18 Å². The lowest BCUT2D eigenvalue weighted by Gasteiger charge is -2.31. The zero-order valence-electron chi connectivity index (χ0n) is 20.9. The first-order valence-electron chi connectivity index (χ1n) is 11.8. The summed E-state index contributed by atoms with van der Waals surface area (Å²) < 4.78 is 14.4. The van der Waals surface area contributed by atoms with E-state index < -0.39 is 0 Å². The zero-order valence-corrected chi connectivity index (χ0v) is 20.9. The summed E-state index contributed by atoms with van der Waals surface area (Å²) in [6.07, 6.45) is -0.0372. The third-order valence-electron chi connectivity index (χ3n) is 5.62. The number of benzene rings is 2. The van der Waals surface area contributed by atoms with Gasteiger partial charge in [-0.25, -0.2) is 4.39 Å². The van der Waals surface area contributed by atoms with Crippen molar-refractivity contribution in [2.24, 2.45) is 11.8 Å². The molecule has 0 bridgehead atoms. The Bertz CT molecular complexity index is 1090. The van der Waals surface area contributed by atoms with Crippen LogP contribution in [0.1, 0.15) is 63.1 Å². The molecule has 0 aliphatic carbocycles. The van der Waals surface area contributed by atoms with Crippen molar-refractivity contribution in [2.75, 3.05) is 23.3 Å². The first-order valence-corrected chi connectivity index (χ1v) is 11.8. The van der Waals surface area contributed by atoms with Gasteiger partial charge in [0, 0.05) is 19.0 Å². The van der Waals surface area contributed by atoms with E-state index in [4.69, 9.17) is 0 Å². The molecular formula is C26H35FN6O. The van der Waals surface area contributed by atoms with Gasteiger partial charge in [-0.3, -0.25) is 4.79 Å². The molecule has 0 fully saturated rings. The molecule has 3 aromatic rings. The Hall–Kier alpha value is -3.29. The van der Waals surface area contributed by atoms with Crippen LogP contribution in [0, 0.1) is 24.6 Å². The Balaban J connectivity index is 1.95. The Morgan fingerprint density at radius 3 is 2.35 bits per heavy atom. The molecule has 1 aromatic heterocycles. The molecule has 0 saturated heterocycles. The van der Waals surface area contributed by atoms with Crippen LogP contribution in [0.4, 0.5) is 15.8 Å². The monoisotopic (exact) mass is 466 g/mol. The van der Waals surface area contributed by atoms with Crippen LogP contribution in [0.5, 0.6) is 0 Å². The maximum Gasteiger partial charge on any atom is 0.228 e. The van der Waals surface area contributed by atoms with Crippen molar-refractivity contribution in [1.82, 2.24) is 20.6 Å². The van der Waals surface area contributed by atoms with Crippen molar-refractivity contribution in [2.45, 2.75) is 53.9 Å². The average Bonchev–Trinajstić information content (AvgIpc) is 3.29. The summed E-state index contributed by atoms with van der Waals surface area (Å²) in [5.41, 5.74) is 3.80. The molecule has 8 heteroatoms. The summed E-state index contributed by atoms with van der Waals surface area (Å²) in [5.74, 6) is 0.733. The molecular weight excluding hydrogens is 431 g/mol. The molecule has 0 aliphatic heterocycles. The maximum absolute atomic E-state index is 14.4. The number of carbonyl (C=O) groups excluding carboxylic acids is 1. The number of tetrazole rings is 1. The number of hydrogen-bond acceptors (Lipinski definition) is 5. The molecule has 34 heavy (non-hydrogen) atoms. The highest BCUT2D eigenvalue weighted by molar-refractivity contribution is 5.95. The van der Waals surface area contributed by atoms with Gasteiger partial charge in [-0.05, 0) is 53.6 Å². The highest BCUT2D eigenvalue weighted by atomic mass is 19.1. The van der Waals surface area contributed by atoms with Gasteiger partial charge in [0.1, 0.15) is 5.82 Å². The molecule has 0 radical (unpaired) electrons. The number of halogens is 1. The van der Waals surface area contributed by atoms with Crippen LogP contribution in [-0.2, 0) is 11.2 Å². The predicted molar refractivity (Wildman–Crippen MR) is 133 cm³/mol. The second-order valence-corrected chi connectivity index (χ2v) is 9.78. The summed E-state index contributed by atoms with van der Waals surface area (Å²) >= 11 is 0. The number of anilines is 2. The van der Waals surface area contributed by atoms with Gasteiger partial charge in [-0.2, -0.15) is 5.21 Å². The van der Waals surface area contributed by atoms with Crippen molar-refractivity contribution in [1.29, 1.82) is 0 Å². The number of rotatable bonds is 10. The van der Waals surface area contributed by atoms with Gasteiger partial charge in [0.2, 0.25) is 5.91 Å². The molecule has 182 valence electrons. The molecule has 1 atom stereocenters. The minimum Gasteiger partial charge on any atom is -0.369 e. The van der Waals surface area contributed by atoms with Gasteiger partial charge in [0.05, 0.1) is 17.8 Å². The normalized spacial score (nSPS) is 12.3. The molecule has 1 amide bonds. The summed E-state index contributed by atoms with van der Waals surface area (Å²) in [7, 11) is 0. The number of aromatic amines is 1. The fraction of sp³-hybridized carbons (Fsp3) is 0.462. The number of nitrogens with one attached hydrogen (secondary N) is 2. The fourth-order valence-electron chi connectivity index (χ4n) is 4.02. The fourth-order valence-corrected chi connectivity index (χ4v) is 4.02. The smallest absolute Gasteiger partial charge is 0.228 e. The number of H-pyrrole nitrogens is 1. The minimum absolute atomic E-state index is 0.0372. The predicted octanol–water partition coefficient (Wildman–Crippen LogP) is 5.10. The van der Waals surface area contributed by atoms with Crippen LogP contribution in [0.2, 0.25) is 0 Å². The lowest BCUT2D eigenvalue weighted by molar-refractivity contribution is -0.115. The average molecular weight is 467 g/mol. The number of nitrogens with zero attached hydrogens (tertiary/aromatic N) is 4. The van der Waals surface area contributed by atoms with Crippen LogP contribution < -0.4 is 10.2 Å². The van der Waals surface area contributed by atoms with E-state index in [2.05, 4.69) is 58.5 Å². The van der Waals surface area contributed by atoms with Crippen molar-refractivity contribution in [3.63, 3.8) is 0 Å². The third kappa shape index (κ3) is 6.62. The zero-order chi connectivity index (χ0) is 24.8. The largest absolute Gasteiger partial charge is 0.369 e. The van der Waals surface area contributed by atoms with Gasteiger partial charge in [0.25, 0.3) is 0 Å². The van der Waals surface area contributed by atoms with Gasteiger partial charge >= 0.3 is 0 Å². The SMILES string of the molecule is Cc1ccc(CC(=O)Nc2cc(C(C)c3nn[nH]n3)ccc2N(CC(C)C)CC(C)C)c(F)c1. The van der Waals surface area contributed by atoms with Crippen LogP contribution in [0.3, 0.4) is 0 Å². The van der Waals surface area contributed by atoms with E-state index >= 15 is 0 Å². The second-order valence-electron chi connectivity index (χ2n) is 9.78. The molecule has 1 unspecified atom stereocenters. The van der Waals surface area contributed by atoms with Crippen LogP contribution >= 0.6 is 0 Å². The summed E-state index contributed by atoms with van der Waals surface area (Å²) in [5, 5.41) is 17.4. The lowest BCUT2D eigenvalue weighted by atomic mass is 9.98. The Morgan fingerprint density at radius 1 is 1.06 bits per heavy atom. The number of amides is 1. The quantitative estimate of drug-likeness (QED) is 0.434. The lowest BCUT2D eigenvalue weighted by Crippen LogP contribution is -2.32. The topological polar surface area (TPSA) is 86.8 Å². The second kappa shape index (κ2) is 11.2. The molecule has 3 rings (SSSR count). The maximum atomic E-state index is 14.4. The number of aryl methyl sites for hydroxylation is 1. The molecule has 0 spiro atoms. The van der Waals surface area contributed by atoms with E-state index in [1.165, 1.54) is 6.07 Å². The minimum atomic E-state index is -0.365. The third-order valence-corrected chi connectivity index (χ3v) is 5.62. The first-order chi connectivity index (χ1) is 16.1.